The number of halogens is 1. The van der Waals surface area contributed by atoms with E-state index in [0.29, 0.717) is 30.3 Å². The summed E-state index contributed by atoms with van der Waals surface area (Å²) in [5, 5.41) is 5.19. The number of rotatable bonds is 5. The number of benzene rings is 1. The Hall–Kier alpha value is -2.32. The first-order chi connectivity index (χ1) is 13.0. The summed E-state index contributed by atoms with van der Waals surface area (Å²) in [6, 6.07) is 6.10. The molecule has 1 aromatic heterocycles. The number of amides is 2. The van der Waals surface area contributed by atoms with E-state index in [-0.39, 0.29) is 24.2 Å². The maximum absolute atomic E-state index is 13.0. The number of thiazole rings is 1. The van der Waals surface area contributed by atoms with Crippen molar-refractivity contribution in [3.63, 3.8) is 0 Å². The topological polar surface area (TPSA) is 65.5 Å². The summed E-state index contributed by atoms with van der Waals surface area (Å²) in [6.07, 6.45) is 1.38. The van der Waals surface area contributed by atoms with Crippen LogP contribution in [0.25, 0.3) is 11.3 Å². The predicted octanol–water partition coefficient (Wildman–Crippen LogP) is 2.83. The zero-order valence-electron chi connectivity index (χ0n) is 15.3. The van der Waals surface area contributed by atoms with Gasteiger partial charge in [0, 0.05) is 43.5 Å². The van der Waals surface area contributed by atoms with Crippen molar-refractivity contribution in [2.45, 2.75) is 19.8 Å². The lowest BCUT2D eigenvalue weighted by Gasteiger charge is -2.21. The van der Waals surface area contributed by atoms with Gasteiger partial charge >= 0.3 is 0 Å². The van der Waals surface area contributed by atoms with Crippen molar-refractivity contribution in [3.05, 3.63) is 35.5 Å². The van der Waals surface area contributed by atoms with Crippen molar-refractivity contribution >= 4 is 28.3 Å². The van der Waals surface area contributed by atoms with E-state index in [1.165, 1.54) is 23.5 Å². The van der Waals surface area contributed by atoms with Gasteiger partial charge in [0.2, 0.25) is 11.8 Å². The molecule has 2 aromatic rings. The average molecular weight is 390 g/mol. The van der Waals surface area contributed by atoms with Gasteiger partial charge in [-0.25, -0.2) is 9.37 Å². The highest BCUT2D eigenvalue weighted by Gasteiger charge is 2.19. The monoisotopic (exact) mass is 390 g/mol. The standard InChI is InChI=1S/C19H23FN4O2S/c1-2-18(26)24-9-3-8-23(10-11-24)12-17(25)22-19-21-16(13-27-19)14-4-6-15(20)7-5-14/h4-7,13H,2-3,8-12H2,1H3,(H,21,22,25). The molecule has 0 unspecified atom stereocenters. The maximum atomic E-state index is 13.0. The fraction of sp³-hybridized carbons (Fsp3) is 0.421. The third kappa shape index (κ3) is 5.33. The van der Waals surface area contributed by atoms with E-state index in [2.05, 4.69) is 15.2 Å². The zero-order chi connectivity index (χ0) is 19.2. The van der Waals surface area contributed by atoms with Crippen LogP contribution in [0.15, 0.2) is 29.6 Å². The molecule has 2 heterocycles. The van der Waals surface area contributed by atoms with Crippen LogP contribution >= 0.6 is 11.3 Å². The van der Waals surface area contributed by atoms with Crippen LogP contribution in [0.1, 0.15) is 19.8 Å². The van der Waals surface area contributed by atoms with Crippen molar-refractivity contribution in [2.75, 3.05) is 38.0 Å². The summed E-state index contributed by atoms with van der Waals surface area (Å²) in [7, 11) is 0. The molecule has 8 heteroatoms. The molecular formula is C19H23FN4O2S. The van der Waals surface area contributed by atoms with E-state index in [4.69, 9.17) is 0 Å². The highest BCUT2D eigenvalue weighted by molar-refractivity contribution is 7.14. The van der Waals surface area contributed by atoms with Crippen molar-refractivity contribution in [1.29, 1.82) is 0 Å². The third-order valence-corrected chi connectivity index (χ3v) is 5.26. The van der Waals surface area contributed by atoms with Gasteiger partial charge in [0.1, 0.15) is 5.82 Å². The van der Waals surface area contributed by atoms with E-state index in [0.717, 1.165) is 25.1 Å². The van der Waals surface area contributed by atoms with Crippen LogP contribution < -0.4 is 5.32 Å². The SMILES string of the molecule is CCC(=O)N1CCCN(CC(=O)Nc2nc(-c3ccc(F)cc3)cs2)CC1. The van der Waals surface area contributed by atoms with E-state index in [9.17, 15) is 14.0 Å². The molecule has 1 N–H and O–H groups in total. The van der Waals surface area contributed by atoms with Crippen LogP contribution in [0.5, 0.6) is 0 Å². The summed E-state index contributed by atoms with van der Waals surface area (Å²) < 4.78 is 13.0. The van der Waals surface area contributed by atoms with Crippen LogP contribution in [0, 0.1) is 5.82 Å². The molecule has 27 heavy (non-hydrogen) atoms. The minimum Gasteiger partial charge on any atom is -0.341 e. The van der Waals surface area contributed by atoms with Gasteiger partial charge in [-0.3, -0.25) is 14.5 Å². The van der Waals surface area contributed by atoms with Gasteiger partial charge in [-0.2, -0.15) is 0 Å². The van der Waals surface area contributed by atoms with Gasteiger partial charge < -0.3 is 10.2 Å². The highest BCUT2D eigenvalue weighted by atomic mass is 32.1. The summed E-state index contributed by atoms with van der Waals surface area (Å²) in [5.41, 5.74) is 1.51. The lowest BCUT2D eigenvalue weighted by atomic mass is 10.2. The van der Waals surface area contributed by atoms with E-state index >= 15 is 0 Å². The van der Waals surface area contributed by atoms with Crippen LogP contribution in [-0.2, 0) is 9.59 Å². The van der Waals surface area contributed by atoms with Gasteiger partial charge in [0.25, 0.3) is 0 Å². The summed E-state index contributed by atoms with van der Waals surface area (Å²) in [6.45, 7) is 5.04. The van der Waals surface area contributed by atoms with E-state index < -0.39 is 0 Å². The van der Waals surface area contributed by atoms with Crippen LogP contribution in [0.3, 0.4) is 0 Å². The normalized spacial score (nSPS) is 15.4. The molecule has 1 aliphatic rings. The Morgan fingerprint density at radius 2 is 1.96 bits per heavy atom. The molecule has 0 bridgehead atoms. The Morgan fingerprint density at radius 3 is 2.70 bits per heavy atom. The first kappa shape index (κ1) is 19.4. The fourth-order valence-corrected chi connectivity index (χ4v) is 3.78. The minimum absolute atomic E-state index is 0.120. The van der Waals surface area contributed by atoms with E-state index in [1.54, 1.807) is 12.1 Å². The molecule has 0 saturated carbocycles. The second-order valence-electron chi connectivity index (χ2n) is 6.46. The number of hydrogen-bond donors (Lipinski definition) is 1. The summed E-state index contributed by atoms with van der Waals surface area (Å²) >= 11 is 1.34. The molecule has 0 aliphatic carbocycles. The highest BCUT2D eigenvalue weighted by Crippen LogP contribution is 2.25. The smallest absolute Gasteiger partial charge is 0.240 e. The molecule has 3 rings (SSSR count). The van der Waals surface area contributed by atoms with Crippen molar-refractivity contribution in [3.8, 4) is 11.3 Å². The zero-order valence-corrected chi connectivity index (χ0v) is 16.1. The molecule has 144 valence electrons. The van der Waals surface area contributed by atoms with Crippen LogP contribution in [0.2, 0.25) is 0 Å². The Morgan fingerprint density at radius 1 is 1.19 bits per heavy atom. The Balaban J connectivity index is 1.52. The van der Waals surface area contributed by atoms with Crippen LogP contribution in [0.4, 0.5) is 9.52 Å². The number of nitrogens with one attached hydrogen (secondary N) is 1. The van der Waals surface area contributed by atoms with Crippen molar-refractivity contribution < 1.29 is 14.0 Å². The van der Waals surface area contributed by atoms with E-state index in [1.807, 2.05) is 17.2 Å². The Bertz CT molecular complexity index is 793. The summed E-state index contributed by atoms with van der Waals surface area (Å²) in [5.74, 6) is -0.248. The fourth-order valence-electron chi connectivity index (χ4n) is 3.05. The Labute approximate surface area is 162 Å². The van der Waals surface area contributed by atoms with Gasteiger partial charge in [0.05, 0.1) is 12.2 Å². The minimum atomic E-state index is -0.292. The van der Waals surface area contributed by atoms with Gasteiger partial charge in [0.15, 0.2) is 5.13 Å². The molecule has 0 spiro atoms. The molecular weight excluding hydrogens is 367 g/mol. The van der Waals surface area contributed by atoms with Gasteiger partial charge in [-0.15, -0.1) is 11.3 Å². The quantitative estimate of drug-likeness (QED) is 0.853. The number of hydrogen-bond acceptors (Lipinski definition) is 5. The van der Waals surface area contributed by atoms with Crippen LogP contribution in [-0.4, -0.2) is 59.3 Å². The molecule has 1 aliphatic heterocycles. The lowest BCUT2D eigenvalue weighted by Crippen LogP contribution is -2.37. The molecule has 2 amide bonds. The predicted molar refractivity (Wildman–Crippen MR) is 104 cm³/mol. The number of aromatic nitrogens is 1. The number of carbonyl (C=O) groups excluding carboxylic acids is 2. The average Bonchev–Trinajstić information content (AvgIpc) is 2.99. The van der Waals surface area contributed by atoms with Crippen molar-refractivity contribution in [2.24, 2.45) is 0 Å². The number of nitrogens with zero attached hydrogens (tertiary/aromatic N) is 3. The summed E-state index contributed by atoms with van der Waals surface area (Å²) in [4.78, 5) is 32.5. The first-order valence-electron chi connectivity index (χ1n) is 9.06. The van der Waals surface area contributed by atoms with Gasteiger partial charge in [-0.05, 0) is 30.7 Å². The molecule has 1 saturated heterocycles. The molecule has 1 fully saturated rings. The van der Waals surface area contributed by atoms with Gasteiger partial charge in [-0.1, -0.05) is 6.92 Å². The second-order valence-corrected chi connectivity index (χ2v) is 7.32. The van der Waals surface area contributed by atoms with Crippen molar-refractivity contribution in [1.82, 2.24) is 14.8 Å². The third-order valence-electron chi connectivity index (χ3n) is 4.50. The molecule has 1 aromatic carbocycles. The largest absolute Gasteiger partial charge is 0.341 e. The number of carbonyl (C=O) groups is 2. The molecule has 6 nitrogen and oxygen atoms in total. The molecule has 0 radical (unpaired) electrons. The Kier molecular flexibility index (Phi) is 6.52. The lowest BCUT2D eigenvalue weighted by molar-refractivity contribution is -0.130. The number of anilines is 1. The second kappa shape index (κ2) is 9.05. The molecule has 0 atom stereocenters. The maximum Gasteiger partial charge on any atom is 0.240 e. The first-order valence-corrected chi connectivity index (χ1v) is 9.94.